The Morgan fingerprint density at radius 3 is 1.92 bits per heavy atom. The number of hydrogen-bond donors (Lipinski definition) is 3. The highest BCUT2D eigenvalue weighted by molar-refractivity contribution is 6.67. The van der Waals surface area contributed by atoms with Crippen molar-refractivity contribution in [1.82, 2.24) is 10.6 Å². The summed E-state index contributed by atoms with van der Waals surface area (Å²) in [5.41, 5.74) is 0. The molecule has 0 radical (unpaired) electrons. The third-order valence-corrected chi connectivity index (χ3v) is 5.75. The van der Waals surface area contributed by atoms with Gasteiger partial charge in [0.25, 0.3) is 0 Å². The number of carbonyl (C=O) groups is 3. The van der Waals surface area contributed by atoms with Crippen LogP contribution in [0.5, 0.6) is 0 Å². The number of carboxylic acid groups (broad SMARTS) is 1. The fourth-order valence-electron chi connectivity index (χ4n) is 1.98. The molecule has 6 nitrogen and oxygen atoms in total. The minimum atomic E-state index is -1.64. The first kappa shape index (κ1) is 25.9. The quantitative estimate of drug-likeness (QED) is 0.423. The van der Waals surface area contributed by atoms with Crippen LogP contribution >= 0.6 is 58.0 Å². The molecule has 0 saturated heterocycles. The first-order chi connectivity index (χ1) is 11.8. The van der Waals surface area contributed by atoms with Gasteiger partial charge >= 0.3 is 5.97 Å². The summed E-state index contributed by atoms with van der Waals surface area (Å²) in [6.45, 7) is 4.88. The first-order valence-corrected chi connectivity index (χ1v) is 9.97. The zero-order valence-corrected chi connectivity index (χ0v) is 18.3. The Labute approximate surface area is 178 Å². The molecule has 11 heteroatoms. The number of carbonyl (C=O) groups excluding carboxylic acids is 2. The van der Waals surface area contributed by atoms with E-state index in [1.165, 1.54) is 0 Å². The molecule has 0 aromatic heterocycles. The summed E-state index contributed by atoms with van der Waals surface area (Å²) in [6.07, 6.45) is 0.183. The Hall–Kier alpha value is -0.140. The minimum Gasteiger partial charge on any atom is -0.480 e. The predicted molar refractivity (Wildman–Crippen MR) is 105 cm³/mol. The summed E-state index contributed by atoms with van der Waals surface area (Å²) in [4.78, 5) is 34.9. The highest BCUT2D eigenvalue weighted by Crippen LogP contribution is 2.37. The summed E-state index contributed by atoms with van der Waals surface area (Å²) in [5.74, 6) is -3.26. The first-order valence-electron chi connectivity index (χ1n) is 7.96. The van der Waals surface area contributed by atoms with Crippen LogP contribution in [0.1, 0.15) is 40.0 Å². The van der Waals surface area contributed by atoms with E-state index < -0.39 is 38.5 Å². The zero-order valence-electron chi connectivity index (χ0n) is 14.6. The van der Waals surface area contributed by atoms with E-state index in [1.54, 1.807) is 20.8 Å². The van der Waals surface area contributed by atoms with Gasteiger partial charge < -0.3 is 15.7 Å². The van der Waals surface area contributed by atoms with Crippen molar-refractivity contribution in [2.24, 2.45) is 11.8 Å². The molecule has 0 heterocycles. The van der Waals surface area contributed by atoms with E-state index in [1.807, 2.05) is 0 Å². The van der Waals surface area contributed by atoms with Gasteiger partial charge in [-0.25, -0.2) is 4.79 Å². The largest absolute Gasteiger partial charge is 0.480 e. The molecule has 2 amide bonds. The second kappa shape index (κ2) is 11.6. The summed E-state index contributed by atoms with van der Waals surface area (Å²) in [5, 5.41) is 14.2. The molecule has 0 aliphatic heterocycles. The van der Waals surface area contributed by atoms with Crippen LogP contribution < -0.4 is 10.6 Å². The van der Waals surface area contributed by atoms with Crippen LogP contribution in [0.2, 0.25) is 0 Å². The number of nitrogens with one attached hydrogen (secondary N) is 2. The van der Waals surface area contributed by atoms with Gasteiger partial charge in [-0.2, -0.15) is 0 Å². The second-order valence-electron chi connectivity index (χ2n) is 6.10. The van der Waals surface area contributed by atoms with Crippen molar-refractivity contribution in [1.29, 1.82) is 0 Å². The van der Waals surface area contributed by atoms with Gasteiger partial charge in [0.05, 0.1) is 0 Å². The van der Waals surface area contributed by atoms with Gasteiger partial charge in [-0.3, -0.25) is 9.59 Å². The molecule has 0 fully saturated rings. The maximum Gasteiger partial charge on any atom is 0.326 e. The Kier molecular flexibility index (Phi) is 11.6. The smallest absolute Gasteiger partial charge is 0.326 e. The number of alkyl halides is 5. The molecule has 4 atom stereocenters. The highest BCUT2D eigenvalue weighted by atomic mass is 35.6. The van der Waals surface area contributed by atoms with Gasteiger partial charge in [0.15, 0.2) is 3.79 Å². The molecule has 0 aromatic rings. The number of hydrogen-bond acceptors (Lipinski definition) is 3. The predicted octanol–water partition coefficient (Wildman–Crippen LogP) is 3.68. The fourth-order valence-corrected chi connectivity index (χ4v) is 2.46. The molecular weight excluding hydrogens is 449 g/mol. The molecule has 26 heavy (non-hydrogen) atoms. The molecule has 0 aliphatic rings. The zero-order chi connectivity index (χ0) is 20.7. The Morgan fingerprint density at radius 2 is 1.54 bits per heavy atom. The van der Waals surface area contributed by atoms with E-state index in [0.29, 0.717) is 0 Å². The Balaban J connectivity index is 5.23. The van der Waals surface area contributed by atoms with E-state index in [0.717, 1.165) is 0 Å². The van der Waals surface area contributed by atoms with E-state index in [2.05, 4.69) is 10.6 Å². The average Bonchev–Trinajstić information content (AvgIpc) is 2.51. The molecular formula is C15H23Cl5N2O4. The van der Waals surface area contributed by atoms with Crippen molar-refractivity contribution in [3.63, 3.8) is 0 Å². The van der Waals surface area contributed by atoms with Gasteiger partial charge in [0.1, 0.15) is 16.9 Å². The lowest BCUT2D eigenvalue weighted by atomic mass is 10.00. The standard InChI is InChI=1S/C15H23Cl5N2O4/c1-4-11(23)21-9(6-8(3)15(18,19)20)13(24)22-10(14(25)26)5-7(2)12(16)17/h7-10,12H,4-6H2,1-3H3,(H,21,23)(H,22,24)(H,25,26)/t7-,8-,9+,10-/m0/s1. The van der Waals surface area contributed by atoms with Crippen LogP contribution in [0, 0.1) is 11.8 Å². The molecule has 0 aliphatic carbocycles. The maximum atomic E-state index is 12.5. The van der Waals surface area contributed by atoms with Crippen LogP contribution in [0.4, 0.5) is 0 Å². The molecule has 0 bridgehead atoms. The summed E-state index contributed by atoms with van der Waals surface area (Å²) < 4.78 is -1.64. The van der Waals surface area contributed by atoms with E-state index in [4.69, 9.17) is 58.0 Å². The lowest BCUT2D eigenvalue weighted by molar-refractivity contribution is -0.142. The van der Waals surface area contributed by atoms with Crippen LogP contribution in [-0.2, 0) is 14.4 Å². The molecule has 0 saturated carbocycles. The second-order valence-corrected chi connectivity index (χ2v) is 9.63. The van der Waals surface area contributed by atoms with Crippen molar-refractivity contribution in [2.45, 2.75) is 60.7 Å². The lowest BCUT2D eigenvalue weighted by Gasteiger charge is -2.27. The number of carboxylic acids is 1. The molecule has 0 spiro atoms. The lowest BCUT2D eigenvalue weighted by Crippen LogP contribution is -2.53. The van der Waals surface area contributed by atoms with E-state index in [-0.39, 0.29) is 31.1 Å². The van der Waals surface area contributed by atoms with Gasteiger partial charge in [0, 0.05) is 12.3 Å². The van der Waals surface area contributed by atoms with Gasteiger partial charge in [0.2, 0.25) is 11.8 Å². The van der Waals surface area contributed by atoms with Crippen LogP contribution in [-0.4, -0.2) is 43.6 Å². The summed E-state index contributed by atoms with van der Waals surface area (Å²) in [7, 11) is 0. The molecule has 0 aromatic carbocycles. The van der Waals surface area contributed by atoms with Crippen molar-refractivity contribution in [2.75, 3.05) is 0 Å². The average molecular weight is 473 g/mol. The topological polar surface area (TPSA) is 95.5 Å². The number of halogens is 5. The molecule has 3 N–H and O–H groups in total. The maximum absolute atomic E-state index is 12.5. The monoisotopic (exact) mass is 470 g/mol. The summed E-state index contributed by atoms with van der Waals surface area (Å²) >= 11 is 29.0. The van der Waals surface area contributed by atoms with Crippen molar-refractivity contribution >= 4 is 75.8 Å². The van der Waals surface area contributed by atoms with Gasteiger partial charge in [-0.05, 0) is 18.8 Å². The molecule has 0 unspecified atom stereocenters. The minimum absolute atomic E-state index is 0.0175. The van der Waals surface area contributed by atoms with Crippen LogP contribution in [0.15, 0.2) is 0 Å². The third-order valence-electron chi connectivity index (χ3n) is 3.77. The fraction of sp³-hybridized carbons (Fsp3) is 0.800. The van der Waals surface area contributed by atoms with Crippen LogP contribution in [0.25, 0.3) is 0 Å². The van der Waals surface area contributed by atoms with Crippen molar-refractivity contribution in [3.05, 3.63) is 0 Å². The molecule has 0 rings (SSSR count). The van der Waals surface area contributed by atoms with Gasteiger partial charge in [-0.15, -0.1) is 23.2 Å². The van der Waals surface area contributed by atoms with Crippen molar-refractivity contribution in [3.8, 4) is 0 Å². The number of rotatable bonds is 10. The Bertz CT molecular complexity index is 499. The highest BCUT2D eigenvalue weighted by Gasteiger charge is 2.35. The third kappa shape index (κ3) is 9.70. The normalized spacial score (nSPS) is 16.5. The van der Waals surface area contributed by atoms with Crippen molar-refractivity contribution < 1.29 is 19.5 Å². The number of aliphatic carboxylic acids is 1. The van der Waals surface area contributed by atoms with E-state index >= 15 is 0 Å². The van der Waals surface area contributed by atoms with Gasteiger partial charge in [-0.1, -0.05) is 55.6 Å². The Morgan fingerprint density at radius 1 is 1.00 bits per heavy atom. The summed E-state index contributed by atoms with van der Waals surface area (Å²) in [6, 6.07) is -2.27. The molecule has 152 valence electrons. The SMILES string of the molecule is CCC(=O)N[C@H](C[C@H](C)C(Cl)(Cl)Cl)C(=O)N[C@@H](C[C@H](C)C(Cl)Cl)C(=O)O. The van der Waals surface area contributed by atoms with E-state index in [9.17, 15) is 19.5 Å². The van der Waals surface area contributed by atoms with Crippen LogP contribution in [0.3, 0.4) is 0 Å². The number of amides is 2.